The molecule has 0 aliphatic rings. The maximum Gasteiger partial charge on any atom is 0.198 e. The summed E-state index contributed by atoms with van der Waals surface area (Å²) in [5.74, 6) is -0.536. The average Bonchev–Trinajstić information content (AvgIpc) is 3.40. The second-order valence-electron chi connectivity index (χ2n) is 7.09. The van der Waals surface area contributed by atoms with Crippen LogP contribution >= 0.6 is 0 Å². The Labute approximate surface area is 180 Å². The van der Waals surface area contributed by atoms with Gasteiger partial charge in [0.05, 0.1) is 29.9 Å². The van der Waals surface area contributed by atoms with Crippen LogP contribution in [0.1, 0.15) is 21.7 Å². The summed E-state index contributed by atoms with van der Waals surface area (Å²) in [5.41, 5.74) is 2.06. The van der Waals surface area contributed by atoms with Gasteiger partial charge in [-0.05, 0) is 24.3 Å². The maximum atomic E-state index is 14.9. The second-order valence-corrected chi connectivity index (χ2v) is 7.09. The van der Waals surface area contributed by atoms with Gasteiger partial charge < -0.3 is 24.5 Å². The molecular formula is C23H17FN4O4. The van der Waals surface area contributed by atoms with Crippen LogP contribution in [0.3, 0.4) is 0 Å². The lowest BCUT2D eigenvalue weighted by molar-refractivity contribution is 0.103. The topological polar surface area (TPSA) is 113 Å². The van der Waals surface area contributed by atoms with Crippen LogP contribution in [0.2, 0.25) is 0 Å². The molecule has 0 saturated carbocycles. The average molecular weight is 432 g/mol. The Bertz CT molecular complexity index is 1440. The number of hydrogen-bond donors (Lipinski definition) is 3. The SMILES string of the molecule is COc1cc(C(=O)c2c[nH]c3ncc(O)cc23)c(F)cc1OCc1nc2ccccc2[nH]1. The smallest absolute Gasteiger partial charge is 0.198 e. The molecule has 0 aliphatic heterocycles. The first kappa shape index (κ1) is 19.6. The molecule has 0 bridgehead atoms. The van der Waals surface area contributed by atoms with Crippen molar-refractivity contribution in [2.75, 3.05) is 7.11 Å². The van der Waals surface area contributed by atoms with Gasteiger partial charge in [-0.1, -0.05) is 12.1 Å². The van der Waals surface area contributed by atoms with E-state index >= 15 is 0 Å². The Morgan fingerprint density at radius 3 is 2.81 bits per heavy atom. The summed E-state index contributed by atoms with van der Waals surface area (Å²) in [5, 5.41) is 10.1. The second kappa shape index (κ2) is 7.69. The molecule has 8 nitrogen and oxygen atoms in total. The molecule has 0 saturated heterocycles. The molecule has 0 radical (unpaired) electrons. The Balaban J connectivity index is 1.44. The van der Waals surface area contributed by atoms with Crippen LogP contribution in [-0.2, 0) is 6.61 Å². The summed E-state index contributed by atoms with van der Waals surface area (Å²) >= 11 is 0. The van der Waals surface area contributed by atoms with E-state index in [9.17, 15) is 14.3 Å². The van der Waals surface area contributed by atoms with Gasteiger partial charge in [0, 0.05) is 23.2 Å². The highest BCUT2D eigenvalue weighted by Gasteiger charge is 2.22. The van der Waals surface area contributed by atoms with Crippen LogP contribution in [0.25, 0.3) is 22.1 Å². The number of rotatable bonds is 6. The molecule has 3 aromatic heterocycles. The number of halogens is 1. The number of aromatic amines is 2. The summed E-state index contributed by atoms with van der Waals surface area (Å²) in [4.78, 5) is 27.4. The molecule has 0 aliphatic carbocycles. The number of ketones is 1. The summed E-state index contributed by atoms with van der Waals surface area (Å²) in [6.07, 6.45) is 2.68. The number of benzene rings is 2. The van der Waals surface area contributed by atoms with Gasteiger partial charge >= 0.3 is 0 Å². The number of methoxy groups -OCH3 is 1. The molecule has 0 fully saturated rings. The number of imidazole rings is 1. The number of aromatic hydroxyl groups is 1. The number of pyridine rings is 1. The first-order valence-corrected chi connectivity index (χ1v) is 9.68. The lowest BCUT2D eigenvalue weighted by Crippen LogP contribution is -2.06. The number of fused-ring (bicyclic) bond motifs is 2. The van der Waals surface area contributed by atoms with Crippen molar-refractivity contribution in [1.82, 2.24) is 19.9 Å². The molecule has 3 heterocycles. The molecule has 9 heteroatoms. The summed E-state index contributed by atoms with van der Waals surface area (Å²) in [7, 11) is 1.41. The van der Waals surface area contributed by atoms with E-state index in [2.05, 4.69) is 19.9 Å². The largest absolute Gasteiger partial charge is 0.506 e. The lowest BCUT2D eigenvalue weighted by Gasteiger charge is -2.12. The van der Waals surface area contributed by atoms with E-state index in [4.69, 9.17) is 9.47 Å². The number of nitrogens with zero attached hydrogens (tertiary/aromatic N) is 2. The Morgan fingerprint density at radius 1 is 1.16 bits per heavy atom. The van der Waals surface area contributed by atoms with Crippen LogP contribution in [0.4, 0.5) is 4.39 Å². The number of H-pyrrole nitrogens is 2. The minimum atomic E-state index is -0.766. The Hall–Kier alpha value is -4.40. The van der Waals surface area contributed by atoms with Crippen molar-refractivity contribution >= 4 is 27.9 Å². The summed E-state index contributed by atoms with van der Waals surface area (Å²) in [6.45, 7) is 0.0607. The van der Waals surface area contributed by atoms with Crippen LogP contribution in [0, 0.1) is 5.82 Å². The predicted molar refractivity (Wildman–Crippen MR) is 115 cm³/mol. The Morgan fingerprint density at radius 2 is 2.00 bits per heavy atom. The number of para-hydroxylation sites is 2. The molecule has 0 amide bonds. The first-order valence-electron chi connectivity index (χ1n) is 9.68. The predicted octanol–water partition coefficient (Wildman–Crippen LogP) is 4.10. The quantitative estimate of drug-likeness (QED) is 0.348. The molecule has 5 rings (SSSR count). The van der Waals surface area contributed by atoms with E-state index in [1.54, 1.807) is 0 Å². The van der Waals surface area contributed by atoms with Gasteiger partial charge in [-0.2, -0.15) is 0 Å². The van der Waals surface area contributed by atoms with Crippen molar-refractivity contribution < 1.29 is 23.8 Å². The molecule has 3 N–H and O–H groups in total. The van der Waals surface area contributed by atoms with E-state index in [-0.39, 0.29) is 35.0 Å². The van der Waals surface area contributed by atoms with Gasteiger partial charge in [0.25, 0.3) is 0 Å². The van der Waals surface area contributed by atoms with E-state index in [1.165, 1.54) is 31.6 Å². The zero-order chi connectivity index (χ0) is 22.2. The van der Waals surface area contributed by atoms with Crippen molar-refractivity contribution in [2.45, 2.75) is 6.61 Å². The van der Waals surface area contributed by atoms with E-state index in [0.717, 1.165) is 17.1 Å². The molecule has 160 valence electrons. The van der Waals surface area contributed by atoms with Crippen molar-refractivity contribution in [3.05, 3.63) is 77.6 Å². The van der Waals surface area contributed by atoms with Gasteiger partial charge in [0.15, 0.2) is 17.3 Å². The summed E-state index contributed by atoms with van der Waals surface area (Å²) < 4.78 is 26.0. The van der Waals surface area contributed by atoms with Gasteiger partial charge in [-0.25, -0.2) is 14.4 Å². The summed E-state index contributed by atoms with van der Waals surface area (Å²) in [6, 6.07) is 11.3. The third-order valence-corrected chi connectivity index (χ3v) is 5.06. The molecule has 2 aromatic carbocycles. The minimum Gasteiger partial charge on any atom is -0.506 e. The van der Waals surface area contributed by atoms with E-state index < -0.39 is 11.6 Å². The Kier molecular flexibility index (Phi) is 4.70. The fraction of sp³-hybridized carbons (Fsp3) is 0.0870. The highest BCUT2D eigenvalue weighted by Crippen LogP contribution is 2.33. The van der Waals surface area contributed by atoms with Crippen LogP contribution in [-0.4, -0.2) is 37.9 Å². The number of ether oxygens (including phenoxy) is 2. The van der Waals surface area contributed by atoms with Gasteiger partial charge in [-0.3, -0.25) is 4.79 Å². The molecule has 32 heavy (non-hydrogen) atoms. The maximum absolute atomic E-state index is 14.9. The number of carbonyl (C=O) groups is 1. The van der Waals surface area contributed by atoms with E-state index in [0.29, 0.717) is 16.9 Å². The normalized spacial score (nSPS) is 11.2. The molecular weight excluding hydrogens is 415 g/mol. The lowest BCUT2D eigenvalue weighted by atomic mass is 10.0. The van der Waals surface area contributed by atoms with Crippen molar-refractivity contribution in [3.63, 3.8) is 0 Å². The number of carbonyl (C=O) groups excluding carboxylic acids is 1. The minimum absolute atomic E-state index is 0.0607. The molecule has 0 unspecified atom stereocenters. The highest BCUT2D eigenvalue weighted by atomic mass is 19.1. The first-order chi connectivity index (χ1) is 15.5. The number of hydrogen-bond acceptors (Lipinski definition) is 6. The van der Waals surface area contributed by atoms with Crippen molar-refractivity contribution in [2.24, 2.45) is 0 Å². The van der Waals surface area contributed by atoms with Gasteiger partial charge in [0.2, 0.25) is 0 Å². The number of nitrogens with one attached hydrogen (secondary N) is 2. The van der Waals surface area contributed by atoms with Crippen LogP contribution in [0.5, 0.6) is 17.2 Å². The fourth-order valence-corrected chi connectivity index (χ4v) is 3.53. The zero-order valence-electron chi connectivity index (χ0n) is 16.8. The van der Waals surface area contributed by atoms with E-state index in [1.807, 2.05) is 24.3 Å². The zero-order valence-corrected chi connectivity index (χ0v) is 16.8. The van der Waals surface area contributed by atoms with Gasteiger partial charge in [-0.15, -0.1) is 0 Å². The molecule has 0 spiro atoms. The third kappa shape index (κ3) is 3.39. The van der Waals surface area contributed by atoms with Gasteiger partial charge in [0.1, 0.15) is 29.6 Å². The third-order valence-electron chi connectivity index (χ3n) is 5.06. The van der Waals surface area contributed by atoms with Crippen LogP contribution < -0.4 is 9.47 Å². The molecule has 0 atom stereocenters. The number of aromatic nitrogens is 4. The van der Waals surface area contributed by atoms with Crippen LogP contribution in [0.15, 0.2) is 54.9 Å². The fourth-order valence-electron chi connectivity index (χ4n) is 3.53. The monoisotopic (exact) mass is 432 g/mol. The standard InChI is InChI=1S/C23H17FN4O4/c1-31-19-7-14(22(30)15-10-26-23-13(15)6-12(29)9-25-23)16(24)8-20(19)32-11-21-27-17-4-2-3-5-18(17)28-21/h2-10,29H,11H2,1H3,(H,25,26)(H,27,28). The van der Waals surface area contributed by atoms with Crippen molar-refractivity contribution in [3.8, 4) is 17.2 Å². The van der Waals surface area contributed by atoms with Crippen molar-refractivity contribution in [1.29, 1.82) is 0 Å². The highest BCUT2D eigenvalue weighted by molar-refractivity contribution is 6.16. The molecule has 5 aromatic rings.